The molecule has 98 valence electrons. The van der Waals surface area contributed by atoms with Gasteiger partial charge in [0.1, 0.15) is 12.7 Å². The molecule has 1 aliphatic rings. The molecule has 1 heterocycles. The molecular weight excluding hydrogens is 230 g/mol. The van der Waals surface area contributed by atoms with Crippen LogP contribution in [0.1, 0.15) is 25.5 Å². The molecule has 0 saturated carbocycles. The minimum absolute atomic E-state index is 0.000359. The van der Waals surface area contributed by atoms with Crippen molar-refractivity contribution >= 4 is 5.91 Å². The Kier molecular flexibility index (Phi) is 3.99. The highest BCUT2D eigenvalue weighted by Gasteiger charge is 2.36. The van der Waals surface area contributed by atoms with Crippen LogP contribution in [0.25, 0.3) is 0 Å². The number of hydrogen-bond acceptors (Lipinski definition) is 3. The fourth-order valence-corrected chi connectivity index (χ4v) is 2.58. The number of morpholine rings is 1. The number of carbonyl (C=O) groups is 1. The first-order chi connectivity index (χ1) is 8.65. The Morgan fingerprint density at radius 2 is 2.06 bits per heavy atom. The van der Waals surface area contributed by atoms with Crippen LogP contribution in [0.4, 0.5) is 0 Å². The van der Waals surface area contributed by atoms with E-state index in [-0.39, 0.29) is 24.1 Å². The zero-order valence-electron chi connectivity index (χ0n) is 10.7. The number of nitrogens with zero attached hydrogens (tertiary/aromatic N) is 1. The molecule has 1 aromatic rings. The van der Waals surface area contributed by atoms with Crippen molar-refractivity contribution < 1.29 is 14.6 Å². The summed E-state index contributed by atoms with van der Waals surface area (Å²) in [5.74, 6) is -0.237. The quantitative estimate of drug-likeness (QED) is 0.861. The summed E-state index contributed by atoms with van der Waals surface area (Å²) in [6, 6.07) is 9.80. The van der Waals surface area contributed by atoms with Gasteiger partial charge in [-0.1, -0.05) is 30.3 Å². The fourth-order valence-electron chi connectivity index (χ4n) is 2.58. The summed E-state index contributed by atoms with van der Waals surface area (Å²) in [5.41, 5.74) is 1.06. The van der Waals surface area contributed by atoms with E-state index >= 15 is 0 Å². The minimum atomic E-state index is -0.448. The molecule has 1 N–H and O–H groups in total. The van der Waals surface area contributed by atoms with Crippen molar-refractivity contribution in [2.75, 3.05) is 13.2 Å². The number of ether oxygens (including phenoxy) is 1. The second-order valence-corrected chi connectivity index (χ2v) is 4.71. The van der Waals surface area contributed by atoms with Gasteiger partial charge in [0.25, 0.3) is 0 Å². The zero-order chi connectivity index (χ0) is 13.1. The third-order valence-corrected chi connectivity index (χ3v) is 3.42. The average molecular weight is 249 g/mol. The maximum atomic E-state index is 11.8. The molecule has 18 heavy (non-hydrogen) atoms. The van der Waals surface area contributed by atoms with Crippen LogP contribution in [0.3, 0.4) is 0 Å². The lowest BCUT2D eigenvalue weighted by atomic mass is 9.98. The van der Waals surface area contributed by atoms with Gasteiger partial charge in [-0.05, 0) is 19.4 Å². The first-order valence-electron chi connectivity index (χ1n) is 6.23. The normalized spacial score (nSPS) is 28.2. The van der Waals surface area contributed by atoms with E-state index in [1.165, 1.54) is 0 Å². The molecule has 4 heteroatoms. The van der Waals surface area contributed by atoms with E-state index in [9.17, 15) is 4.79 Å². The van der Waals surface area contributed by atoms with Gasteiger partial charge in [0.15, 0.2) is 0 Å². The van der Waals surface area contributed by atoms with Gasteiger partial charge >= 0.3 is 0 Å². The van der Waals surface area contributed by atoms with E-state index in [1.807, 2.05) is 44.2 Å². The molecule has 2 rings (SSSR count). The van der Waals surface area contributed by atoms with Gasteiger partial charge in [-0.3, -0.25) is 4.79 Å². The number of aliphatic hydroxyl groups excluding tert-OH is 1. The zero-order valence-corrected chi connectivity index (χ0v) is 10.7. The number of amides is 1. The van der Waals surface area contributed by atoms with Crippen LogP contribution in [-0.4, -0.2) is 41.2 Å². The van der Waals surface area contributed by atoms with Gasteiger partial charge in [-0.25, -0.2) is 0 Å². The minimum Gasteiger partial charge on any atom is -0.387 e. The summed E-state index contributed by atoms with van der Waals surface area (Å²) in [7, 11) is 0. The lowest BCUT2D eigenvalue weighted by Gasteiger charge is -2.43. The first-order valence-corrected chi connectivity index (χ1v) is 6.23. The Morgan fingerprint density at radius 1 is 1.39 bits per heavy atom. The molecule has 0 bridgehead atoms. The molecule has 0 spiro atoms. The summed E-state index contributed by atoms with van der Waals surface area (Å²) in [6.45, 7) is 3.94. The van der Waals surface area contributed by atoms with E-state index in [1.54, 1.807) is 4.90 Å². The number of benzene rings is 1. The molecule has 3 unspecified atom stereocenters. The Bertz CT molecular complexity index is 407. The van der Waals surface area contributed by atoms with Crippen LogP contribution in [-0.2, 0) is 9.53 Å². The first kappa shape index (κ1) is 13.1. The Hall–Kier alpha value is -1.39. The van der Waals surface area contributed by atoms with Crippen LogP contribution in [0.15, 0.2) is 30.3 Å². The average Bonchev–Trinajstić information content (AvgIpc) is 2.39. The molecule has 0 radical (unpaired) electrons. The molecule has 0 aromatic heterocycles. The molecule has 1 aromatic carbocycles. The van der Waals surface area contributed by atoms with Crippen LogP contribution in [0.5, 0.6) is 0 Å². The summed E-state index contributed by atoms with van der Waals surface area (Å²) in [6.07, 6.45) is -0.127. The van der Waals surface area contributed by atoms with Crippen LogP contribution in [0.2, 0.25) is 0 Å². The Balaban J connectivity index is 2.22. The predicted molar refractivity (Wildman–Crippen MR) is 68.0 cm³/mol. The third-order valence-electron chi connectivity index (χ3n) is 3.42. The van der Waals surface area contributed by atoms with Gasteiger partial charge < -0.3 is 14.7 Å². The number of carbonyl (C=O) groups excluding carboxylic acids is 1. The van der Waals surface area contributed by atoms with Crippen molar-refractivity contribution in [1.82, 2.24) is 4.90 Å². The van der Waals surface area contributed by atoms with Gasteiger partial charge in [0.2, 0.25) is 5.91 Å². The second kappa shape index (κ2) is 5.50. The number of hydrogen-bond donors (Lipinski definition) is 1. The van der Waals surface area contributed by atoms with Gasteiger partial charge in [0, 0.05) is 0 Å². The van der Waals surface area contributed by atoms with Crippen LogP contribution in [0, 0.1) is 0 Å². The third kappa shape index (κ3) is 2.40. The molecule has 1 aliphatic heterocycles. The monoisotopic (exact) mass is 249 g/mol. The maximum absolute atomic E-state index is 11.8. The highest BCUT2D eigenvalue weighted by Crippen LogP contribution is 2.30. The van der Waals surface area contributed by atoms with Crippen molar-refractivity contribution in [3.05, 3.63) is 35.9 Å². The standard InChI is InChI=1S/C14H19NO3/c1-10-9-18-14(12-6-4-3-5-7-12)11(2)15(10)13(17)8-16/h3-7,10-11,14,16H,8-9H2,1-2H3. The summed E-state index contributed by atoms with van der Waals surface area (Å²) in [4.78, 5) is 13.5. The van der Waals surface area contributed by atoms with E-state index in [4.69, 9.17) is 9.84 Å². The second-order valence-electron chi connectivity index (χ2n) is 4.71. The van der Waals surface area contributed by atoms with E-state index in [0.29, 0.717) is 6.61 Å². The molecule has 1 saturated heterocycles. The lowest BCUT2D eigenvalue weighted by molar-refractivity contribution is -0.156. The van der Waals surface area contributed by atoms with Crippen molar-refractivity contribution in [1.29, 1.82) is 0 Å². The molecule has 1 fully saturated rings. The van der Waals surface area contributed by atoms with Crippen molar-refractivity contribution in [3.63, 3.8) is 0 Å². The summed E-state index contributed by atoms with van der Waals surface area (Å²) < 4.78 is 5.84. The lowest BCUT2D eigenvalue weighted by Crippen LogP contribution is -2.54. The topological polar surface area (TPSA) is 49.8 Å². The van der Waals surface area contributed by atoms with Crippen molar-refractivity contribution in [2.45, 2.75) is 32.0 Å². The van der Waals surface area contributed by atoms with Crippen molar-refractivity contribution in [3.8, 4) is 0 Å². The van der Waals surface area contributed by atoms with Crippen molar-refractivity contribution in [2.24, 2.45) is 0 Å². The molecule has 1 amide bonds. The Morgan fingerprint density at radius 3 is 2.67 bits per heavy atom. The highest BCUT2D eigenvalue weighted by molar-refractivity contribution is 5.78. The highest BCUT2D eigenvalue weighted by atomic mass is 16.5. The molecule has 0 aliphatic carbocycles. The smallest absolute Gasteiger partial charge is 0.248 e. The predicted octanol–water partition coefficient (Wildman–Crippen LogP) is 1.36. The Labute approximate surface area is 107 Å². The van der Waals surface area contributed by atoms with E-state index < -0.39 is 6.61 Å². The summed E-state index contributed by atoms with van der Waals surface area (Å²) >= 11 is 0. The number of rotatable bonds is 2. The molecule has 3 atom stereocenters. The SMILES string of the molecule is CC1COC(c2ccccc2)C(C)N1C(=O)CO. The fraction of sp³-hybridized carbons (Fsp3) is 0.500. The van der Waals surface area contributed by atoms with Gasteiger partial charge in [-0.2, -0.15) is 0 Å². The number of aliphatic hydroxyl groups is 1. The van der Waals surface area contributed by atoms with Crippen LogP contribution >= 0.6 is 0 Å². The molecule has 4 nitrogen and oxygen atoms in total. The van der Waals surface area contributed by atoms with E-state index in [0.717, 1.165) is 5.56 Å². The maximum Gasteiger partial charge on any atom is 0.248 e. The summed E-state index contributed by atoms with van der Waals surface area (Å²) in [5, 5.41) is 9.05. The van der Waals surface area contributed by atoms with E-state index in [2.05, 4.69) is 0 Å². The van der Waals surface area contributed by atoms with Crippen LogP contribution < -0.4 is 0 Å². The largest absolute Gasteiger partial charge is 0.387 e. The van der Waals surface area contributed by atoms with Gasteiger partial charge in [0.05, 0.1) is 18.7 Å². The van der Waals surface area contributed by atoms with Gasteiger partial charge in [-0.15, -0.1) is 0 Å². The molecular formula is C14H19NO3.